The Bertz CT molecular complexity index is 1210. The van der Waals surface area contributed by atoms with E-state index in [1.807, 2.05) is 10.6 Å². The predicted molar refractivity (Wildman–Crippen MR) is 130 cm³/mol. The van der Waals surface area contributed by atoms with Gasteiger partial charge in [-0.25, -0.2) is 4.98 Å². The maximum absolute atomic E-state index is 13.0. The van der Waals surface area contributed by atoms with Gasteiger partial charge in [0.15, 0.2) is 11.5 Å². The average molecular weight is 501 g/mol. The molecule has 0 amide bonds. The minimum absolute atomic E-state index is 0.0235. The Kier molecular flexibility index (Phi) is 8.09. The first kappa shape index (κ1) is 25.9. The Hall–Kier alpha value is -3.19. The number of anilines is 1. The van der Waals surface area contributed by atoms with Crippen LogP contribution in [0.25, 0.3) is 11.2 Å². The molecule has 0 aliphatic heterocycles. The van der Waals surface area contributed by atoms with Crippen molar-refractivity contribution in [3.8, 4) is 6.07 Å². The van der Waals surface area contributed by atoms with Crippen LogP contribution in [0.2, 0.25) is 0 Å². The number of nitriles is 1. The van der Waals surface area contributed by atoms with Crippen molar-refractivity contribution in [2.75, 3.05) is 25.1 Å². The van der Waals surface area contributed by atoms with Gasteiger partial charge in [0.1, 0.15) is 17.4 Å². The Morgan fingerprint density at radius 3 is 2.53 bits per heavy atom. The lowest BCUT2D eigenvalue weighted by Gasteiger charge is -2.25. The van der Waals surface area contributed by atoms with Crippen LogP contribution < -0.4 is 5.32 Å². The molecule has 1 N–H and O–H groups in total. The fourth-order valence-electron chi connectivity index (χ4n) is 4.26. The third-order valence-electron chi connectivity index (χ3n) is 6.39. The van der Waals surface area contributed by atoms with Gasteiger partial charge in [-0.2, -0.15) is 28.4 Å². The highest BCUT2D eigenvalue weighted by Gasteiger charge is 2.30. The summed E-state index contributed by atoms with van der Waals surface area (Å²) in [5, 5.41) is 12.8. The Morgan fingerprint density at radius 2 is 1.92 bits per heavy atom. The van der Waals surface area contributed by atoms with Crippen LogP contribution in [0.4, 0.5) is 19.0 Å². The van der Waals surface area contributed by atoms with Gasteiger partial charge in [0, 0.05) is 26.1 Å². The Balaban J connectivity index is 1.67. The van der Waals surface area contributed by atoms with Crippen molar-refractivity contribution in [3.63, 3.8) is 0 Å². The van der Waals surface area contributed by atoms with Gasteiger partial charge in [-0.3, -0.25) is 0 Å². The molecule has 36 heavy (non-hydrogen) atoms. The summed E-state index contributed by atoms with van der Waals surface area (Å²) in [5.74, 6) is 2.32. The molecule has 2 heterocycles. The summed E-state index contributed by atoms with van der Waals surface area (Å²) in [6.07, 6.45) is 0.845. The number of halogens is 3. The molecule has 192 valence electrons. The van der Waals surface area contributed by atoms with Gasteiger partial charge in [0.2, 0.25) is 5.82 Å². The van der Waals surface area contributed by atoms with E-state index >= 15 is 0 Å². The first-order valence-electron chi connectivity index (χ1n) is 12.4. The van der Waals surface area contributed by atoms with Crippen molar-refractivity contribution in [2.24, 2.45) is 11.8 Å². The monoisotopic (exact) mass is 500 g/mol. The van der Waals surface area contributed by atoms with Gasteiger partial charge in [0.05, 0.1) is 12.2 Å². The molecule has 1 saturated carbocycles. The number of nitrogens with one attached hydrogen (secondary N) is 1. The molecule has 10 heteroatoms. The zero-order valence-corrected chi connectivity index (χ0v) is 20.6. The molecule has 2 aromatic heterocycles. The molecule has 1 aromatic carbocycles. The lowest BCUT2D eigenvalue weighted by molar-refractivity contribution is -0.137. The summed E-state index contributed by atoms with van der Waals surface area (Å²) in [5.41, 5.74) is 1.03. The zero-order chi connectivity index (χ0) is 25.7. The van der Waals surface area contributed by atoms with E-state index in [1.54, 1.807) is 0 Å². The minimum atomic E-state index is -4.39. The number of alkyl halides is 3. The van der Waals surface area contributed by atoms with Crippen LogP contribution in [0.5, 0.6) is 0 Å². The number of benzene rings is 1. The number of fused-ring (bicyclic) bond motifs is 1. The number of rotatable bonds is 11. The van der Waals surface area contributed by atoms with E-state index in [0.29, 0.717) is 72.9 Å². The number of hydrogen-bond donors (Lipinski definition) is 1. The second-order valence-electron chi connectivity index (χ2n) is 9.72. The van der Waals surface area contributed by atoms with E-state index in [1.165, 1.54) is 31.4 Å². The second-order valence-corrected chi connectivity index (χ2v) is 9.72. The van der Waals surface area contributed by atoms with E-state index in [9.17, 15) is 18.4 Å². The molecule has 4 rings (SSSR count). The third kappa shape index (κ3) is 6.32. The summed E-state index contributed by atoms with van der Waals surface area (Å²) in [6.45, 7) is 6.20. The summed E-state index contributed by atoms with van der Waals surface area (Å²) < 4.78 is 46.8. The lowest BCUT2D eigenvalue weighted by Crippen LogP contribution is -2.17. The number of aromatic nitrogens is 4. The molecule has 3 aromatic rings. The fraction of sp³-hybridized carbons (Fsp3) is 0.538. The van der Waals surface area contributed by atoms with Gasteiger partial charge in [0.25, 0.3) is 0 Å². The molecule has 1 fully saturated rings. The quantitative estimate of drug-likeness (QED) is 0.346. The highest BCUT2D eigenvalue weighted by molar-refractivity contribution is 5.84. The van der Waals surface area contributed by atoms with Crippen molar-refractivity contribution < 1.29 is 17.9 Å². The molecule has 1 aliphatic carbocycles. The van der Waals surface area contributed by atoms with Crippen LogP contribution >= 0.6 is 0 Å². The zero-order valence-electron chi connectivity index (χ0n) is 20.6. The molecule has 0 bridgehead atoms. The van der Waals surface area contributed by atoms with E-state index in [-0.39, 0.29) is 5.82 Å². The molecule has 0 unspecified atom stereocenters. The second kappa shape index (κ2) is 11.2. The molecule has 0 saturated heterocycles. The highest BCUT2D eigenvalue weighted by Crippen LogP contribution is 2.31. The van der Waals surface area contributed by atoms with Crippen LogP contribution in [0.1, 0.15) is 62.3 Å². The lowest BCUT2D eigenvalue weighted by atomic mass is 9.83. The average Bonchev–Trinajstić information content (AvgIpc) is 3.15. The van der Waals surface area contributed by atoms with E-state index in [2.05, 4.69) is 34.1 Å². The van der Waals surface area contributed by atoms with E-state index < -0.39 is 11.7 Å². The van der Waals surface area contributed by atoms with Crippen molar-refractivity contribution in [1.29, 1.82) is 5.26 Å². The molecule has 0 atom stereocenters. The predicted octanol–water partition coefficient (Wildman–Crippen LogP) is 5.58. The Morgan fingerprint density at radius 1 is 1.17 bits per heavy atom. The smallest absolute Gasteiger partial charge is 0.381 e. The van der Waals surface area contributed by atoms with Crippen molar-refractivity contribution in [2.45, 2.75) is 58.7 Å². The van der Waals surface area contributed by atoms with Gasteiger partial charge in [-0.1, -0.05) is 45.2 Å². The number of nitrogens with zero attached hydrogens (tertiary/aromatic N) is 5. The van der Waals surface area contributed by atoms with Gasteiger partial charge in [-0.05, 0) is 36.0 Å². The maximum Gasteiger partial charge on any atom is 0.416 e. The van der Waals surface area contributed by atoms with Crippen molar-refractivity contribution in [3.05, 3.63) is 47.0 Å². The normalized spacial score (nSPS) is 14.2. The van der Waals surface area contributed by atoms with E-state index in [0.717, 1.165) is 18.6 Å². The molecule has 1 aliphatic rings. The molecule has 7 nitrogen and oxygen atoms in total. The van der Waals surface area contributed by atoms with Crippen LogP contribution in [0.15, 0.2) is 24.3 Å². The van der Waals surface area contributed by atoms with Gasteiger partial charge >= 0.3 is 6.18 Å². The summed E-state index contributed by atoms with van der Waals surface area (Å²) in [7, 11) is 0. The molecule has 0 radical (unpaired) electrons. The standard InChI is InChI=1S/C26H31F3N6O/c1-17(2)16-36-13-11-22-34-25-23(35(22)15-19-6-8-20(9-7-19)26(27,28)29)24(32-21(14-30)33-25)31-12-10-18-4-3-5-18/h6-9,17-18H,3-5,10-13,15-16H2,1-2H3,(H,31,32,33). The van der Waals surface area contributed by atoms with Crippen molar-refractivity contribution >= 4 is 17.0 Å². The van der Waals surface area contributed by atoms with Gasteiger partial charge in [-0.15, -0.1) is 0 Å². The summed E-state index contributed by atoms with van der Waals surface area (Å²) in [6, 6.07) is 7.12. The fourth-order valence-corrected chi connectivity index (χ4v) is 4.26. The minimum Gasteiger partial charge on any atom is -0.381 e. The summed E-state index contributed by atoms with van der Waals surface area (Å²) in [4.78, 5) is 13.4. The van der Waals surface area contributed by atoms with E-state index in [4.69, 9.17) is 4.74 Å². The Labute approximate surface area is 208 Å². The summed E-state index contributed by atoms with van der Waals surface area (Å²) >= 11 is 0. The van der Waals surface area contributed by atoms with Gasteiger partial charge < -0.3 is 14.6 Å². The first-order valence-corrected chi connectivity index (χ1v) is 12.4. The molecular weight excluding hydrogens is 469 g/mol. The topological polar surface area (TPSA) is 88.7 Å². The number of ether oxygens (including phenoxy) is 1. The van der Waals surface area contributed by atoms with Crippen LogP contribution in [0.3, 0.4) is 0 Å². The van der Waals surface area contributed by atoms with Crippen LogP contribution in [-0.2, 0) is 23.9 Å². The van der Waals surface area contributed by atoms with Crippen LogP contribution in [0, 0.1) is 23.2 Å². The molecular formula is C26H31F3N6O. The third-order valence-corrected chi connectivity index (χ3v) is 6.39. The van der Waals surface area contributed by atoms with Crippen molar-refractivity contribution in [1.82, 2.24) is 19.5 Å². The SMILES string of the molecule is CC(C)COCCc1nc2nc(C#N)nc(NCCC3CCC3)c2n1Cc1ccc(C(F)(F)F)cc1. The number of imidazole rings is 1. The molecule has 0 spiro atoms. The largest absolute Gasteiger partial charge is 0.416 e. The number of hydrogen-bond acceptors (Lipinski definition) is 6. The highest BCUT2D eigenvalue weighted by atomic mass is 19.4. The maximum atomic E-state index is 13.0. The first-order chi connectivity index (χ1) is 17.2. The van der Waals surface area contributed by atoms with Crippen LogP contribution in [-0.4, -0.2) is 39.3 Å².